The predicted octanol–water partition coefficient (Wildman–Crippen LogP) is 5.87. The second-order valence-electron chi connectivity index (χ2n) is 6.06. The summed E-state index contributed by atoms with van der Waals surface area (Å²) in [5.74, 6) is 0.670. The normalized spacial score (nSPS) is 16.6. The van der Waals surface area contributed by atoms with Crippen molar-refractivity contribution in [3.63, 3.8) is 0 Å². The van der Waals surface area contributed by atoms with Crippen LogP contribution in [0.3, 0.4) is 0 Å². The van der Waals surface area contributed by atoms with Crippen molar-refractivity contribution in [3.8, 4) is 0 Å². The lowest BCUT2D eigenvalue weighted by Gasteiger charge is -2.36. The minimum Gasteiger partial charge on any atom is -0.314 e. The van der Waals surface area contributed by atoms with E-state index in [-0.39, 0.29) is 30.9 Å². The number of halogens is 5. The van der Waals surface area contributed by atoms with Crippen LogP contribution < -0.4 is 5.32 Å². The minimum absolute atomic E-state index is 0. The molecule has 1 aliphatic rings. The minimum atomic E-state index is 0. The number of nitrogens with zero attached hydrogens (tertiary/aromatic N) is 1. The molecule has 0 aromatic heterocycles. The van der Waals surface area contributed by atoms with Crippen molar-refractivity contribution in [1.29, 1.82) is 0 Å². The van der Waals surface area contributed by atoms with Crippen LogP contribution in [0.1, 0.15) is 38.3 Å². The van der Waals surface area contributed by atoms with Crippen LogP contribution in [0.2, 0.25) is 15.1 Å². The highest BCUT2D eigenvalue weighted by Crippen LogP contribution is 2.38. The quantitative estimate of drug-likeness (QED) is 0.597. The third-order valence-electron chi connectivity index (χ3n) is 3.99. The maximum atomic E-state index is 6.46. The van der Waals surface area contributed by atoms with Crippen LogP contribution in [0.25, 0.3) is 0 Å². The molecule has 1 aromatic carbocycles. The second kappa shape index (κ2) is 11.3. The van der Waals surface area contributed by atoms with Crippen molar-refractivity contribution in [2.45, 2.75) is 32.7 Å². The fraction of sp³-hybridized carbons (Fsp3) is 0.625. The largest absolute Gasteiger partial charge is 0.314 e. The molecular formula is C16H25Cl5N2. The third kappa shape index (κ3) is 6.78. The monoisotopic (exact) mass is 420 g/mol. The second-order valence-corrected chi connectivity index (χ2v) is 7.29. The molecule has 1 N–H and O–H groups in total. The van der Waals surface area contributed by atoms with Gasteiger partial charge in [0.2, 0.25) is 0 Å². The Labute approximate surface area is 167 Å². The van der Waals surface area contributed by atoms with E-state index in [1.165, 1.54) is 0 Å². The molecular weight excluding hydrogens is 397 g/mol. The summed E-state index contributed by atoms with van der Waals surface area (Å²) >= 11 is 18.9. The molecule has 0 unspecified atom stereocenters. The summed E-state index contributed by atoms with van der Waals surface area (Å²) in [6.45, 7) is 8.60. The van der Waals surface area contributed by atoms with Gasteiger partial charge in [-0.1, -0.05) is 48.7 Å². The van der Waals surface area contributed by atoms with Gasteiger partial charge in [0.25, 0.3) is 0 Å². The van der Waals surface area contributed by atoms with E-state index in [9.17, 15) is 0 Å². The molecule has 0 amide bonds. The van der Waals surface area contributed by atoms with Gasteiger partial charge in [0.15, 0.2) is 0 Å². The summed E-state index contributed by atoms with van der Waals surface area (Å²) in [4.78, 5) is 2.49. The van der Waals surface area contributed by atoms with E-state index in [0.717, 1.165) is 44.6 Å². The van der Waals surface area contributed by atoms with Crippen molar-refractivity contribution < 1.29 is 0 Å². The Morgan fingerprint density at radius 2 is 1.65 bits per heavy atom. The lowest BCUT2D eigenvalue weighted by atomic mass is 9.95. The zero-order valence-corrected chi connectivity index (χ0v) is 17.4. The van der Waals surface area contributed by atoms with Gasteiger partial charge in [-0.2, -0.15) is 0 Å². The Hall–Kier alpha value is 0.590. The molecule has 0 spiro atoms. The smallest absolute Gasteiger partial charge is 0.0641 e. The summed E-state index contributed by atoms with van der Waals surface area (Å²) in [5.41, 5.74) is 1.07. The number of benzene rings is 1. The summed E-state index contributed by atoms with van der Waals surface area (Å²) in [6.07, 6.45) is 2.24. The van der Waals surface area contributed by atoms with E-state index in [1.807, 2.05) is 6.07 Å². The van der Waals surface area contributed by atoms with Crippen LogP contribution in [-0.2, 0) is 0 Å². The van der Waals surface area contributed by atoms with Crippen molar-refractivity contribution in [1.82, 2.24) is 10.2 Å². The molecule has 7 heteroatoms. The SMILES string of the molecule is CC(C)CC[C@@H](c1cc(Cl)cc(Cl)c1Cl)N1CCNCC1.Cl.Cl. The molecule has 134 valence electrons. The number of rotatable bonds is 5. The van der Waals surface area contributed by atoms with Crippen LogP contribution in [0.5, 0.6) is 0 Å². The highest BCUT2D eigenvalue weighted by molar-refractivity contribution is 6.43. The Morgan fingerprint density at radius 1 is 1.04 bits per heavy atom. The van der Waals surface area contributed by atoms with Gasteiger partial charge in [-0.05, 0) is 36.5 Å². The zero-order valence-electron chi connectivity index (χ0n) is 13.4. The molecule has 1 aliphatic heterocycles. The van der Waals surface area contributed by atoms with E-state index in [0.29, 0.717) is 21.0 Å². The highest BCUT2D eigenvalue weighted by Gasteiger charge is 2.25. The van der Waals surface area contributed by atoms with Gasteiger partial charge in [0.1, 0.15) is 0 Å². The molecule has 1 fully saturated rings. The molecule has 0 bridgehead atoms. The lowest BCUT2D eigenvalue weighted by molar-refractivity contribution is 0.160. The average Bonchev–Trinajstić information content (AvgIpc) is 2.45. The van der Waals surface area contributed by atoms with Gasteiger partial charge in [-0.15, -0.1) is 24.8 Å². The molecule has 0 saturated carbocycles. The van der Waals surface area contributed by atoms with Crippen molar-refractivity contribution in [2.24, 2.45) is 5.92 Å². The molecule has 1 aromatic rings. The van der Waals surface area contributed by atoms with Crippen molar-refractivity contribution in [2.75, 3.05) is 26.2 Å². The summed E-state index contributed by atoms with van der Waals surface area (Å²) in [6, 6.07) is 3.98. The van der Waals surface area contributed by atoms with E-state index >= 15 is 0 Å². The number of nitrogens with one attached hydrogen (secondary N) is 1. The molecule has 0 radical (unpaired) electrons. The average molecular weight is 423 g/mol. The lowest BCUT2D eigenvalue weighted by Crippen LogP contribution is -2.45. The first kappa shape index (κ1) is 23.6. The van der Waals surface area contributed by atoms with Gasteiger partial charge in [0.05, 0.1) is 10.0 Å². The molecule has 0 aliphatic carbocycles. The maximum absolute atomic E-state index is 6.46. The Balaban J connectivity index is 0.00000242. The Bertz CT molecular complexity index is 476. The Morgan fingerprint density at radius 3 is 2.22 bits per heavy atom. The van der Waals surface area contributed by atoms with Crippen LogP contribution in [0.4, 0.5) is 0 Å². The molecule has 1 saturated heterocycles. The van der Waals surface area contributed by atoms with Crippen LogP contribution in [-0.4, -0.2) is 31.1 Å². The first-order chi connectivity index (χ1) is 9.99. The first-order valence-corrected chi connectivity index (χ1v) is 8.71. The van der Waals surface area contributed by atoms with E-state index < -0.39 is 0 Å². The summed E-state index contributed by atoms with van der Waals surface area (Å²) < 4.78 is 0. The zero-order chi connectivity index (χ0) is 15.4. The molecule has 2 nitrogen and oxygen atoms in total. The highest BCUT2D eigenvalue weighted by atomic mass is 35.5. The Kier molecular flexibility index (Phi) is 11.5. The van der Waals surface area contributed by atoms with E-state index in [4.69, 9.17) is 34.8 Å². The fourth-order valence-electron chi connectivity index (χ4n) is 2.84. The molecule has 1 heterocycles. The van der Waals surface area contributed by atoms with Crippen molar-refractivity contribution >= 4 is 59.6 Å². The van der Waals surface area contributed by atoms with Crippen LogP contribution in [0, 0.1) is 5.92 Å². The number of hydrogen-bond acceptors (Lipinski definition) is 2. The maximum Gasteiger partial charge on any atom is 0.0641 e. The topological polar surface area (TPSA) is 15.3 Å². The van der Waals surface area contributed by atoms with Crippen LogP contribution in [0.15, 0.2) is 12.1 Å². The standard InChI is InChI=1S/C16H23Cl3N2.2ClH/c1-11(2)3-4-15(21-7-5-20-6-8-21)13-9-12(17)10-14(18)16(13)19;;/h9-11,15,20H,3-8H2,1-2H3;2*1H/t15-;;/m0../s1. The first-order valence-electron chi connectivity index (χ1n) is 7.58. The van der Waals surface area contributed by atoms with Crippen LogP contribution >= 0.6 is 59.6 Å². The van der Waals surface area contributed by atoms with Gasteiger partial charge >= 0.3 is 0 Å². The molecule has 23 heavy (non-hydrogen) atoms. The fourth-order valence-corrected chi connectivity index (χ4v) is 3.58. The predicted molar refractivity (Wildman–Crippen MR) is 107 cm³/mol. The van der Waals surface area contributed by atoms with E-state index in [2.05, 4.69) is 24.1 Å². The van der Waals surface area contributed by atoms with Crippen molar-refractivity contribution in [3.05, 3.63) is 32.8 Å². The van der Waals surface area contributed by atoms with Gasteiger partial charge in [-0.25, -0.2) is 0 Å². The third-order valence-corrected chi connectivity index (χ3v) is 5.02. The summed E-state index contributed by atoms with van der Waals surface area (Å²) in [5, 5.41) is 5.24. The number of piperazine rings is 1. The van der Waals surface area contributed by atoms with Gasteiger partial charge < -0.3 is 5.32 Å². The molecule has 1 atom stereocenters. The van der Waals surface area contributed by atoms with E-state index in [1.54, 1.807) is 6.07 Å². The van der Waals surface area contributed by atoms with Gasteiger partial charge in [0, 0.05) is 37.2 Å². The van der Waals surface area contributed by atoms with Gasteiger partial charge in [-0.3, -0.25) is 4.90 Å². The number of hydrogen-bond donors (Lipinski definition) is 1. The summed E-state index contributed by atoms with van der Waals surface area (Å²) in [7, 11) is 0. The molecule has 2 rings (SSSR count).